The maximum atomic E-state index is 11.9. The molecule has 1 N–H and O–H groups in total. The van der Waals surface area contributed by atoms with E-state index in [1.165, 1.54) is 0 Å². The highest BCUT2D eigenvalue weighted by Gasteiger charge is 2.32. The summed E-state index contributed by atoms with van der Waals surface area (Å²) in [4.78, 5) is 0. The second kappa shape index (κ2) is 4.38. The highest BCUT2D eigenvalue weighted by molar-refractivity contribution is 6.18. The van der Waals surface area contributed by atoms with E-state index in [9.17, 15) is 8.78 Å². The summed E-state index contributed by atoms with van der Waals surface area (Å²) in [5.41, 5.74) is -0.196. The number of nitrogens with one attached hydrogen (secondary N) is 1. The summed E-state index contributed by atoms with van der Waals surface area (Å²) in [7, 11) is 0. The van der Waals surface area contributed by atoms with Gasteiger partial charge >= 0.3 is 0 Å². The van der Waals surface area contributed by atoms with Crippen molar-refractivity contribution in [3.05, 3.63) is 0 Å². The number of rotatable bonds is 4. The van der Waals surface area contributed by atoms with Gasteiger partial charge in [0, 0.05) is 11.4 Å². The fraction of sp³-hybridized carbons (Fsp3) is 1.00. The average molecular weight is 198 g/mol. The van der Waals surface area contributed by atoms with Crippen molar-refractivity contribution >= 4 is 11.6 Å². The van der Waals surface area contributed by atoms with E-state index in [0.717, 1.165) is 25.7 Å². The molecule has 1 rings (SSSR count). The molecule has 0 spiro atoms. The van der Waals surface area contributed by atoms with Gasteiger partial charge in [-0.2, -0.15) is 0 Å². The Morgan fingerprint density at radius 2 is 1.92 bits per heavy atom. The van der Waals surface area contributed by atoms with Gasteiger partial charge in [-0.3, -0.25) is 0 Å². The van der Waals surface area contributed by atoms with Gasteiger partial charge in [-0.25, -0.2) is 8.78 Å². The van der Waals surface area contributed by atoms with E-state index in [1.54, 1.807) is 0 Å². The van der Waals surface area contributed by atoms with Gasteiger partial charge in [0.25, 0.3) is 6.43 Å². The van der Waals surface area contributed by atoms with Gasteiger partial charge in [0.1, 0.15) is 0 Å². The van der Waals surface area contributed by atoms with Crippen molar-refractivity contribution in [3.63, 3.8) is 0 Å². The van der Waals surface area contributed by atoms with Crippen LogP contribution in [-0.2, 0) is 0 Å². The largest absolute Gasteiger partial charge is 0.305 e. The molecule has 0 heterocycles. The molecule has 1 nitrogen and oxygen atoms in total. The Balaban J connectivity index is 2.34. The van der Waals surface area contributed by atoms with Crippen molar-refractivity contribution in [1.29, 1.82) is 0 Å². The van der Waals surface area contributed by atoms with E-state index in [4.69, 9.17) is 11.6 Å². The lowest BCUT2D eigenvalue weighted by Gasteiger charge is -2.27. The van der Waals surface area contributed by atoms with Crippen LogP contribution in [0.1, 0.15) is 25.7 Å². The Kier molecular flexibility index (Phi) is 3.72. The maximum absolute atomic E-state index is 11.9. The standard InChI is InChI=1S/C8H14ClF2N/c9-6-8(3-1-2-4-8)12-5-7(10)11/h7,12H,1-6H2. The predicted molar refractivity (Wildman–Crippen MR) is 45.9 cm³/mol. The van der Waals surface area contributed by atoms with Crippen molar-refractivity contribution in [2.24, 2.45) is 0 Å². The monoisotopic (exact) mass is 197 g/mol. The fourth-order valence-corrected chi connectivity index (χ4v) is 2.06. The topological polar surface area (TPSA) is 12.0 Å². The van der Waals surface area contributed by atoms with Gasteiger partial charge in [0.2, 0.25) is 0 Å². The molecule has 72 valence electrons. The normalized spacial score (nSPS) is 22.0. The summed E-state index contributed by atoms with van der Waals surface area (Å²) in [5.74, 6) is 0.444. The van der Waals surface area contributed by atoms with Crippen LogP contribution < -0.4 is 5.32 Å². The first-order valence-corrected chi connectivity index (χ1v) is 4.81. The first-order valence-electron chi connectivity index (χ1n) is 4.28. The maximum Gasteiger partial charge on any atom is 0.250 e. The third-order valence-corrected chi connectivity index (χ3v) is 2.96. The lowest BCUT2D eigenvalue weighted by molar-refractivity contribution is 0.132. The molecular formula is C8H14ClF2N. The smallest absolute Gasteiger partial charge is 0.250 e. The molecule has 0 atom stereocenters. The molecule has 0 radical (unpaired) electrons. The minimum absolute atomic E-state index is 0.196. The van der Waals surface area contributed by atoms with Gasteiger partial charge < -0.3 is 5.32 Å². The van der Waals surface area contributed by atoms with Crippen molar-refractivity contribution in [3.8, 4) is 0 Å². The van der Waals surface area contributed by atoms with E-state index >= 15 is 0 Å². The van der Waals surface area contributed by atoms with Gasteiger partial charge in [-0.05, 0) is 12.8 Å². The van der Waals surface area contributed by atoms with E-state index in [0.29, 0.717) is 5.88 Å². The SMILES string of the molecule is FC(F)CNC1(CCl)CCCC1. The third-order valence-electron chi connectivity index (χ3n) is 2.45. The molecule has 0 unspecified atom stereocenters. The molecule has 0 aromatic heterocycles. The van der Waals surface area contributed by atoms with Gasteiger partial charge in [-0.1, -0.05) is 12.8 Å². The van der Waals surface area contributed by atoms with Crippen LogP contribution in [0.15, 0.2) is 0 Å². The minimum Gasteiger partial charge on any atom is -0.305 e. The van der Waals surface area contributed by atoms with Crippen LogP contribution >= 0.6 is 11.6 Å². The second-order valence-electron chi connectivity index (χ2n) is 3.39. The fourth-order valence-electron chi connectivity index (χ4n) is 1.70. The number of hydrogen-bond donors (Lipinski definition) is 1. The third kappa shape index (κ3) is 2.56. The zero-order valence-electron chi connectivity index (χ0n) is 6.95. The highest BCUT2D eigenvalue weighted by atomic mass is 35.5. The molecule has 0 aromatic carbocycles. The Morgan fingerprint density at radius 1 is 1.33 bits per heavy atom. The van der Waals surface area contributed by atoms with E-state index in [2.05, 4.69) is 5.32 Å². The molecule has 0 saturated heterocycles. The Bertz CT molecular complexity index is 135. The minimum atomic E-state index is -2.27. The van der Waals surface area contributed by atoms with Crippen LogP contribution in [0.3, 0.4) is 0 Å². The summed E-state index contributed by atoms with van der Waals surface area (Å²) in [6.45, 7) is -0.229. The Morgan fingerprint density at radius 3 is 2.33 bits per heavy atom. The molecule has 0 aromatic rings. The van der Waals surface area contributed by atoms with E-state index in [1.807, 2.05) is 0 Å². The van der Waals surface area contributed by atoms with Gasteiger partial charge in [-0.15, -0.1) is 11.6 Å². The first-order chi connectivity index (χ1) is 5.68. The molecular weight excluding hydrogens is 184 g/mol. The molecule has 1 aliphatic rings. The molecule has 0 aliphatic heterocycles. The van der Waals surface area contributed by atoms with Crippen molar-refractivity contribution in [2.75, 3.05) is 12.4 Å². The highest BCUT2D eigenvalue weighted by Crippen LogP contribution is 2.30. The number of hydrogen-bond acceptors (Lipinski definition) is 1. The summed E-state index contributed by atoms with van der Waals surface area (Å²) in [5, 5.41) is 2.86. The van der Waals surface area contributed by atoms with Gasteiger partial charge in [0.05, 0.1) is 6.54 Å². The van der Waals surface area contributed by atoms with Crippen LogP contribution in [0.5, 0.6) is 0 Å². The van der Waals surface area contributed by atoms with Crippen molar-refractivity contribution in [2.45, 2.75) is 37.6 Å². The van der Waals surface area contributed by atoms with Crippen LogP contribution in [-0.4, -0.2) is 24.4 Å². The lowest BCUT2D eigenvalue weighted by atomic mass is 10.0. The average Bonchev–Trinajstić information content (AvgIpc) is 2.50. The van der Waals surface area contributed by atoms with E-state index in [-0.39, 0.29) is 12.1 Å². The summed E-state index contributed by atoms with van der Waals surface area (Å²) >= 11 is 5.74. The zero-order chi connectivity index (χ0) is 9.03. The Labute approximate surface area is 76.5 Å². The Hall–Kier alpha value is 0.110. The molecule has 12 heavy (non-hydrogen) atoms. The zero-order valence-corrected chi connectivity index (χ0v) is 7.71. The van der Waals surface area contributed by atoms with Crippen molar-refractivity contribution in [1.82, 2.24) is 5.32 Å². The first kappa shape index (κ1) is 10.2. The number of alkyl halides is 3. The quantitative estimate of drug-likeness (QED) is 0.683. The van der Waals surface area contributed by atoms with E-state index < -0.39 is 6.43 Å². The summed E-state index contributed by atoms with van der Waals surface area (Å²) in [6, 6.07) is 0. The second-order valence-corrected chi connectivity index (χ2v) is 3.66. The van der Waals surface area contributed by atoms with Crippen molar-refractivity contribution < 1.29 is 8.78 Å². The van der Waals surface area contributed by atoms with Gasteiger partial charge in [0.15, 0.2) is 0 Å². The molecule has 0 amide bonds. The molecule has 1 fully saturated rings. The molecule has 0 bridgehead atoms. The lowest BCUT2D eigenvalue weighted by Crippen LogP contribution is -2.46. The summed E-state index contributed by atoms with van der Waals surface area (Å²) < 4.78 is 23.8. The summed E-state index contributed by atoms with van der Waals surface area (Å²) in [6.07, 6.45) is 1.80. The number of halogens is 3. The molecule has 1 aliphatic carbocycles. The van der Waals surface area contributed by atoms with Crippen LogP contribution in [0.4, 0.5) is 8.78 Å². The van der Waals surface area contributed by atoms with Crippen LogP contribution in [0.2, 0.25) is 0 Å². The predicted octanol–water partition coefficient (Wildman–Crippen LogP) is 2.39. The molecule has 4 heteroatoms. The van der Waals surface area contributed by atoms with Crippen LogP contribution in [0, 0.1) is 0 Å². The molecule has 1 saturated carbocycles. The van der Waals surface area contributed by atoms with Crippen LogP contribution in [0.25, 0.3) is 0 Å².